The monoisotopic (exact) mass is 366 g/mol. The van der Waals surface area contributed by atoms with E-state index in [0.29, 0.717) is 5.56 Å². The van der Waals surface area contributed by atoms with Gasteiger partial charge in [0.1, 0.15) is 0 Å². The van der Waals surface area contributed by atoms with Crippen molar-refractivity contribution in [2.75, 3.05) is 7.11 Å². The van der Waals surface area contributed by atoms with E-state index >= 15 is 0 Å². The number of hydrogen-bond donors (Lipinski definition) is 0. The van der Waals surface area contributed by atoms with E-state index in [2.05, 4.69) is 4.74 Å². The summed E-state index contributed by atoms with van der Waals surface area (Å²) in [6.07, 6.45) is 1.79. The van der Waals surface area contributed by atoms with Crippen molar-refractivity contribution in [1.29, 1.82) is 0 Å². The van der Waals surface area contributed by atoms with Gasteiger partial charge in [0, 0.05) is 0 Å². The largest absolute Gasteiger partial charge is 0.465 e. The Kier molecular flexibility index (Phi) is 6.23. The smallest absolute Gasteiger partial charge is 0.343 e. The molecule has 0 radical (unpaired) electrons. The van der Waals surface area contributed by atoms with Gasteiger partial charge in [0.2, 0.25) is 0 Å². The second-order valence-corrected chi connectivity index (χ2v) is 5.91. The lowest BCUT2D eigenvalue weighted by Gasteiger charge is -2.10. The number of carbonyl (C=O) groups excluding carboxylic acids is 2. The molecule has 0 amide bonds. The third-order valence-corrected chi connectivity index (χ3v) is 3.89. The van der Waals surface area contributed by atoms with Crippen LogP contribution in [0, 0.1) is 0 Å². The van der Waals surface area contributed by atoms with E-state index in [1.165, 1.54) is 31.4 Å². The van der Waals surface area contributed by atoms with Crippen LogP contribution in [-0.2, 0) is 11.2 Å². The fraction of sp³-hybridized carbons (Fsp3) is 0.222. The van der Waals surface area contributed by atoms with Crippen molar-refractivity contribution in [2.45, 2.75) is 19.8 Å². The van der Waals surface area contributed by atoms with Crippen LogP contribution < -0.4 is 4.74 Å². The Balaban J connectivity index is 2.19. The summed E-state index contributed by atoms with van der Waals surface area (Å²) in [4.78, 5) is 23.6. The van der Waals surface area contributed by atoms with Gasteiger partial charge in [-0.1, -0.05) is 36.5 Å². The van der Waals surface area contributed by atoms with Crippen molar-refractivity contribution < 1.29 is 19.1 Å². The number of esters is 2. The number of methoxy groups -OCH3 is 1. The summed E-state index contributed by atoms with van der Waals surface area (Å²) in [5, 5.41) is 0.566. The number of benzene rings is 2. The van der Waals surface area contributed by atoms with Gasteiger partial charge in [-0.05, 0) is 48.4 Å². The summed E-state index contributed by atoms with van der Waals surface area (Å²) in [5.74, 6) is -0.966. The Morgan fingerprint density at radius 1 is 0.958 bits per heavy atom. The normalized spacial score (nSPS) is 10.3. The van der Waals surface area contributed by atoms with Crippen molar-refractivity contribution in [2.24, 2.45) is 0 Å². The lowest BCUT2D eigenvalue weighted by molar-refractivity contribution is 0.0599. The standard InChI is InChI=1S/C18H16Cl2O4/c1-3-4-11-9-14(19)16(15(20)10-11)24-18(22)13-7-5-12(6-8-13)17(21)23-2/h5-10H,3-4H2,1-2H3. The summed E-state index contributed by atoms with van der Waals surface area (Å²) in [6.45, 7) is 2.05. The van der Waals surface area contributed by atoms with Gasteiger partial charge in [0.05, 0.1) is 28.3 Å². The Morgan fingerprint density at radius 3 is 1.92 bits per heavy atom. The molecule has 0 aliphatic rings. The van der Waals surface area contributed by atoms with Crippen LogP contribution in [0.3, 0.4) is 0 Å². The van der Waals surface area contributed by atoms with Gasteiger partial charge < -0.3 is 9.47 Å². The molecular formula is C18H16Cl2O4. The van der Waals surface area contributed by atoms with Crippen LogP contribution in [0.15, 0.2) is 36.4 Å². The number of carbonyl (C=O) groups is 2. The number of ether oxygens (including phenoxy) is 2. The average Bonchev–Trinajstić information content (AvgIpc) is 2.57. The highest BCUT2D eigenvalue weighted by Crippen LogP contribution is 2.35. The fourth-order valence-electron chi connectivity index (χ4n) is 2.15. The number of rotatable bonds is 5. The molecule has 0 bridgehead atoms. The van der Waals surface area contributed by atoms with Crippen LogP contribution in [0.1, 0.15) is 39.6 Å². The van der Waals surface area contributed by atoms with Crippen molar-refractivity contribution in [3.63, 3.8) is 0 Å². The van der Waals surface area contributed by atoms with Gasteiger partial charge in [-0.25, -0.2) is 9.59 Å². The van der Waals surface area contributed by atoms with E-state index in [1.54, 1.807) is 12.1 Å². The lowest BCUT2D eigenvalue weighted by Crippen LogP contribution is -2.10. The number of aryl methyl sites for hydroxylation is 1. The first-order valence-corrected chi connectivity index (χ1v) is 8.10. The maximum Gasteiger partial charge on any atom is 0.343 e. The van der Waals surface area contributed by atoms with Crippen LogP contribution in [0.25, 0.3) is 0 Å². The summed E-state index contributed by atoms with van der Waals surface area (Å²) in [6, 6.07) is 9.38. The summed E-state index contributed by atoms with van der Waals surface area (Å²) in [7, 11) is 1.29. The second-order valence-electron chi connectivity index (χ2n) is 5.10. The molecule has 24 heavy (non-hydrogen) atoms. The van der Waals surface area contributed by atoms with E-state index in [9.17, 15) is 9.59 Å². The zero-order valence-electron chi connectivity index (χ0n) is 13.3. The molecule has 2 rings (SSSR count). The molecule has 0 aromatic heterocycles. The third kappa shape index (κ3) is 4.28. The predicted molar refractivity (Wildman–Crippen MR) is 93.2 cm³/mol. The van der Waals surface area contributed by atoms with Crippen LogP contribution >= 0.6 is 23.2 Å². The second kappa shape index (κ2) is 8.18. The summed E-state index contributed by atoms with van der Waals surface area (Å²) < 4.78 is 9.91. The van der Waals surface area contributed by atoms with Crippen molar-refractivity contribution in [3.8, 4) is 5.75 Å². The average molecular weight is 367 g/mol. The zero-order valence-corrected chi connectivity index (χ0v) is 14.8. The Morgan fingerprint density at radius 2 is 1.46 bits per heavy atom. The van der Waals surface area contributed by atoms with Crippen LogP contribution in [0.4, 0.5) is 0 Å². The Bertz CT molecular complexity index is 731. The highest BCUT2D eigenvalue weighted by Gasteiger charge is 2.16. The predicted octanol–water partition coefficient (Wildman–Crippen LogP) is 4.95. The van der Waals surface area contributed by atoms with Gasteiger partial charge in [0.25, 0.3) is 0 Å². The van der Waals surface area contributed by atoms with Crippen molar-refractivity contribution in [1.82, 2.24) is 0 Å². The maximum atomic E-state index is 12.2. The number of halogens is 2. The molecule has 0 aliphatic carbocycles. The first kappa shape index (κ1) is 18.3. The zero-order chi connectivity index (χ0) is 17.7. The highest BCUT2D eigenvalue weighted by molar-refractivity contribution is 6.37. The summed E-state index contributed by atoms with van der Waals surface area (Å²) >= 11 is 12.3. The maximum absolute atomic E-state index is 12.2. The SMILES string of the molecule is CCCc1cc(Cl)c(OC(=O)c2ccc(C(=O)OC)cc2)c(Cl)c1. The topological polar surface area (TPSA) is 52.6 Å². The first-order valence-electron chi connectivity index (χ1n) is 7.34. The minimum absolute atomic E-state index is 0.125. The van der Waals surface area contributed by atoms with Gasteiger partial charge >= 0.3 is 11.9 Å². The molecule has 0 atom stereocenters. The third-order valence-electron chi connectivity index (χ3n) is 3.33. The molecule has 4 nitrogen and oxygen atoms in total. The van der Waals surface area contributed by atoms with E-state index in [1.807, 2.05) is 6.92 Å². The van der Waals surface area contributed by atoms with Gasteiger partial charge in [-0.15, -0.1) is 0 Å². The van der Waals surface area contributed by atoms with E-state index in [4.69, 9.17) is 27.9 Å². The van der Waals surface area contributed by atoms with E-state index < -0.39 is 11.9 Å². The summed E-state index contributed by atoms with van der Waals surface area (Å²) in [5.41, 5.74) is 1.59. The molecule has 0 heterocycles. The molecular weight excluding hydrogens is 351 g/mol. The van der Waals surface area contributed by atoms with E-state index in [0.717, 1.165) is 18.4 Å². The van der Waals surface area contributed by atoms with Gasteiger partial charge in [-0.2, -0.15) is 0 Å². The first-order chi connectivity index (χ1) is 11.5. The highest BCUT2D eigenvalue weighted by atomic mass is 35.5. The quantitative estimate of drug-likeness (QED) is 0.554. The molecule has 0 N–H and O–H groups in total. The Labute approximate surface area is 150 Å². The van der Waals surface area contributed by atoms with Crippen LogP contribution in [-0.4, -0.2) is 19.0 Å². The minimum Gasteiger partial charge on any atom is -0.465 e. The van der Waals surface area contributed by atoms with Gasteiger partial charge in [0.15, 0.2) is 5.75 Å². The Hall–Kier alpha value is -2.04. The van der Waals surface area contributed by atoms with Crippen LogP contribution in [0.2, 0.25) is 10.0 Å². The molecule has 0 fully saturated rings. The molecule has 2 aromatic rings. The molecule has 0 unspecified atom stereocenters. The molecule has 0 saturated heterocycles. The molecule has 2 aromatic carbocycles. The van der Waals surface area contributed by atoms with Crippen LogP contribution in [0.5, 0.6) is 5.75 Å². The van der Waals surface area contributed by atoms with Crippen molar-refractivity contribution in [3.05, 3.63) is 63.1 Å². The molecule has 126 valence electrons. The number of hydrogen-bond acceptors (Lipinski definition) is 4. The van der Waals surface area contributed by atoms with Gasteiger partial charge in [-0.3, -0.25) is 0 Å². The fourth-order valence-corrected chi connectivity index (χ4v) is 2.76. The molecule has 0 aliphatic heterocycles. The molecule has 0 saturated carbocycles. The molecule has 6 heteroatoms. The minimum atomic E-state index is -0.613. The molecule has 0 spiro atoms. The van der Waals surface area contributed by atoms with E-state index in [-0.39, 0.29) is 21.4 Å². The lowest BCUT2D eigenvalue weighted by atomic mass is 10.1. The van der Waals surface area contributed by atoms with Crippen molar-refractivity contribution >= 4 is 35.1 Å².